The lowest BCUT2D eigenvalue weighted by molar-refractivity contribution is -0.149. The van der Waals surface area contributed by atoms with E-state index < -0.39 is 17.4 Å². The van der Waals surface area contributed by atoms with Crippen molar-refractivity contribution in [1.29, 1.82) is 0 Å². The molecule has 2 atom stereocenters. The molecule has 3 aromatic rings. The van der Waals surface area contributed by atoms with Gasteiger partial charge in [0.2, 0.25) is 5.91 Å². The number of likely N-dealkylation sites (tertiary alicyclic amines) is 1. The zero-order valence-electron chi connectivity index (χ0n) is 24.6. The first-order valence-electron chi connectivity index (χ1n) is 14.2. The molecule has 0 bridgehead atoms. The van der Waals surface area contributed by atoms with Crippen LogP contribution in [-0.2, 0) is 26.3 Å². The van der Waals surface area contributed by atoms with Crippen LogP contribution in [0.5, 0.6) is 11.5 Å². The van der Waals surface area contributed by atoms with Gasteiger partial charge in [0.25, 0.3) is 5.91 Å². The third kappa shape index (κ3) is 5.54. The number of carbonyl (C=O) groups excluding carboxylic acids is 3. The number of hydrogen-bond acceptors (Lipinski definition) is 6. The van der Waals surface area contributed by atoms with Gasteiger partial charge in [0.15, 0.2) is 0 Å². The maximum Gasteiger partial charge on any atom is 0.328 e. The van der Waals surface area contributed by atoms with E-state index in [-0.39, 0.29) is 25.0 Å². The van der Waals surface area contributed by atoms with Crippen LogP contribution in [0.2, 0.25) is 10.0 Å². The Morgan fingerprint density at radius 2 is 1.77 bits per heavy atom. The maximum absolute atomic E-state index is 14.5. The molecule has 2 amide bonds. The average molecular weight is 626 g/mol. The molecule has 2 aliphatic rings. The van der Waals surface area contributed by atoms with Crippen molar-refractivity contribution in [3.05, 3.63) is 86.9 Å². The van der Waals surface area contributed by atoms with Crippen molar-refractivity contribution < 1.29 is 28.6 Å². The van der Waals surface area contributed by atoms with Gasteiger partial charge in [0, 0.05) is 39.5 Å². The van der Waals surface area contributed by atoms with Crippen molar-refractivity contribution in [3.63, 3.8) is 0 Å². The Bertz CT molecular complexity index is 1580. The first kappa shape index (κ1) is 30.7. The minimum absolute atomic E-state index is 0.224. The molecule has 5 rings (SSSR count). The van der Waals surface area contributed by atoms with Crippen LogP contribution in [-0.4, -0.2) is 56.1 Å². The summed E-state index contributed by atoms with van der Waals surface area (Å²) >= 11 is 13.3. The summed E-state index contributed by atoms with van der Waals surface area (Å²) in [4.78, 5) is 44.3. The number of fused-ring (bicyclic) bond motifs is 1. The number of rotatable bonds is 8. The van der Waals surface area contributed by atoms with Crippen molar-refractivity contribution >= 4 is 46.7 Å². The molecule has 0 spiro atoms. The third-order valence-corrected chi connectivity index (χ3v) is 8.92. The molecule has 0 aromatic heterocycles. The highest BCUT2D eigenvalue weighted by molar-refractivity contribution is 6.33. The fraction of sp³-hybridized carbons (Fsp3) is 0.364. The van der Waals surface area contributed by atoms with E-state index in [1.165, 1.54) is 0 Å². The minimum atomic E-state index is -1.25. The van der Waals surface area contributed by atoms with Gasteiger partial charge in [0.05, 0.1) is 27.4 Å². The second-order valence-corrected chi connectivity index (χ2v) is 11.7. The van der Waals surface area contributed by atoms with E-state index in [1.807, 2.05) is 18.2 Å². The number of anilines is 1. The summed E-state index contributed by atoms with van der Waals surface area (Å²) in [7, 11) is 3.15. The number of esters is 1. The highest BCUT2D eigenvalue weighted by Gasteiger charge is 2.50. The summed E-state index contributed by atoms with van der Waals surface area (Å²) in [5, 5.41) is 0.804. The number of methoxy groups -OCH3 is 2. The quantitative estimate of drug-likeness (QED) is 0.269. The molecule has 0 N–H and O–H groups in total. The van der Waals surface area contributed by atoms with Crippen LogP contribution in [0.25, 0.3) is 0 Å². The van der Waals surface area contributed by atoms with Crippen LogP contribution in [0.1, 0.15) is 60.2 Å². The predicted molar refractivity (Wildman–Crippen MR) is 165 cm³/mol. The van der Waals surface area contributed by atoms with Gasteiger partial charge >= 0.3 is 5.97 Å². The van der Waals surface area contributed by atoms with Crippen molar-refractivity contribution in [1.82, 2.24) is 4.90 Å². The van der Waals surface area contributed by atoms with Crippen LogP contribution in [0.15, 0.2) is 54.6 Å². The molecule has 1 fully saturated rings. The van der Waals surface area contributed by atoms with E-state index >= 15 is 0 Å². The van der Waals surface area contributed by atoms with Gasteiger partial charge in [-0.25, -0.2) is 4.79 Å². The van der Waals surface area contributed by atoms with Crippen LogP contribution in [0.4, 0.5) is 5.69 Å². The summed E-state index contributed by atoms with van der Waals surface area (Å²) in [5.41, 5.74) is 1.70. The van der Waals surface area contributed by atoms with Gasteiger partial charge in [0.1, 0.15) is 23.0 Å². The number of piperidine rings is 1. The number of amides is 2. The van der Waals surface area contributed by atoms with Gasteiger partial charge in [-0.2, -0.15) is 0 Å². The normalized spacial score (nSPS) is 19.7. The highest BCUT2D eigenvalue weighted by atomic mass is 35.5. The molecule has 2 heterocycles. The molecule has 2 aliphatic heterocycles. The molecule has 226 valence electrons. The first-order chi connectivity index (χ1) is 20.6. The van der Waals surface area contributed by atoms with Gasteiger partial charge < -0.3 is 24.0 Å². The van der Waals surface area contributed by atoms with Crippen LogP contribution < -0.4 is 14.4 Å². The smallest absolute Gasteiger partial charge is 0.328 e. The summed E-state index contributed by atoms with van der Waals surface area (Å²) in [6, 6.07) is 15.1. The zero-order valence-corrected chi connectivity index (χ0v) is 26.1. The Kier molecular flexibility index (Phi) is 8.90. The molecule has 0 radical (unpaired) electrons. The Hall–Kier alpha value is -3.75. The lowest BCUT2D eigenvalue weighted by Gasteiger charge is -2.34. The number of ether oxygens (including phenoxy) is 3. The standard InChI is InChI=1S/C33H34Cl2N2O6/c1-5-43-31(39)28-8-6-7-15-36(28)30(38)20-10-13-26(35)24(16-20)33(2)25-17-22(34)11-14-27(25)37(32(33)40)19-21-9-12-23(41-3)18-29(21)42-4/h9-14,16-18,28H,5-8,15,19H2,1-4H3/t28-,33?/m1/s1. The van der Waals surface area contributed by atoms with Crippen molar-refractivity contribution in [2.45, 2.75) is 51.1 Å². The van der Waals surface area contributed by atoms with E-state index in [1.54, 1.807) is 74.3 Å². The molecule has 8 nitrogen and oxygen atoms in total. The van der Waals surface area contributed by atoms with Gasteiger partial charge in [-0.05, 0) is 92.8 Å². The SMILES string of the molecule is CCOC(=O)[C@H]1CCCCN1C(=O)c1ccc(Cl)c(C2(C)C(=O)N(Cc3ccc(OC)cc3OC)c3ccc(Cl)cc32)c1. The minimum Gasteiger partial charge on any atom is -0.497 e. The monoisotopic (exact) mass is 624 g/mol. The lowest BCUT2D eigenvalue weighted by atomic mass is 9.76. The van der Waals surface area contributed by atoms with Crippen LogP contribution >= 0.6 is 23.2 Å². The summed E-state index contributed by atoms with van der Waals surface area (Å²) in [5.74, 6) is 0.278. The molecular weight excluding hydrogens is 591 g/mol. The van der Waals surface area contributed by atoms with E-state index in [0.717, 1.165) is 18.4 Å². The van der Waals surface area contributed by atoms with E-state index in [9.17, 15) is 14.4 Å². The van der Waals surface area contributed by atoms with Crippen LogP contribution in [0, 0.1) is 0 Å². The lowest BCUT2D eigenvalue weighted by Crippen LogP contribution is -2.48. The van der Waals surface area contributed by atoms with Gasteiger partial charge in [-0.1, -0.05) is 23.2 Å². The topological polar surface area (TPSA) is 85.4 Å². The average Bonchev–Trinajstić information content (AvgIpc) is 3.22. The summed E-state index contributed by atoms with van der Waals surface area (Å²) in [6.45, 7) is 4.45. The number of hydrogen-bond donors (Lipinski definition) is 0. The summed E-state index contributed by atoms with van der Waals surface area (Å²) in [6.07, 6.45) is 2.16. The van der Waals surface area contributed by atoms with Gasteiger partial charge in [-0.3, -0.25) is 9.59 Å². The maximum atomic E-state index is 14.5. The molecule has 1 saturated heterocycles. The fourth-order valence-electron chi connectivity index (χ4n) is 6.07. The fourth-order valence-corrected chi connectivity index (χ4v) is 6.55. The molecule has 0 aliphatic carbocycles. The first-order valence-corrected chi connectivity index (χ1v) is 15.0. The number of benzene rings is 3. The van der Waals surface area contributed by atoms with Crippen molar-refractivity contribution in [2.24, 2.45) is 0 Å². The van der Waals surface area contributed by atoms with Crippen LogP contribution in [0.3, 0.4) is 0 Å². The molecule has 10 heteroatoms. The number of carbonyl (C=O) groups is 3. The second kappa shape index (κ2) is 12.5. The molecular formula is C33H34Cl2N2O6. The predicted octanol–water partition coefficient (Wildman–Crippen LogP) is 6.42. The Balaban J connectivity index is 1.56. The Morgan fingerprint density at radius 3 is 2.49 bits per heavy atom. The molecule has 3 aromatic carbocycles. The molecule has 0 saturated carbocycles. The Morgan fingerprint density at radius 1 is 0.977 bits per heavy atom. The van der Waals surface area contributed by atoms with E-state index in [0.29, 0.717) is 56.9 Å². The number of nitrogens with zero attached hydrogens (tertiary/aromatic N) is 2. The van der Waals surface area contributed by atoms with Crippen molar-refractivity contribution in [2.75, 3.05) is 32.3 Å². The number of halogens is 2. The van der Waals surface area contributed by atoms with Gasteiger partial charge in [-0.15, -0.1) is 0 Å². The highest BCUT2D eigenvalue weighted by Crippen LogP contribution is 2.49. The largest absolute Gasteiger partial charge is 0.497 e. The van der Waals surface area contributed by atoms with Crippen molar-refractivity contribution in [3.8, 4) is 11.5 Å². The van der Waals surface area contributed by atoms with E-state index in [4.69, 9.17) is 37.4 Å². The zero-order chi connectivity index (χ0) is 30.9. The summed E-state index contributed by atoms with van der Waals surface area (Å²) < 4.78 is 16.2. The Labute approximate surface area is 261 Å². The third-order valence-electron chi connectivity index (χ3n) is 8.36. The second-order valence-electron chi connectivity index (χ2n) is 10.8. The van der Waals surface area contributed by atoms with E-state index in [2.05, 4.69) is 0 Å². The molecule has 43 heavy (non-hydrogen) atoms. The molecule has 1 unspecified atom stereocenters.